The molecule has 1 atom stereocenters. The smallest absolute Gasteiger partial charge is 0.147 e. The summed E-state index contributed by atoms with van der Waals surface area (Å²) in [7, 11) is 2.27. The summed E-state index contributed by atoms with van der Waals surface area (Å²) >= 11 is 0. The normalized spacial score (nSPS) is 24.5. The van der Waals surface area contributed by atoms with Gasteiger partial charge in [0.05, 0.1) is 18.1 Å². The zero-order valence-electron chi connectivity index (χ0n) is 13.6. The molecule has 4 heteroatoms. The Morgan fingerprint density at radius 3 is 2.70 bits per heavy atom. The van der Waals surface area contributed by atoms with E-state index in [9.17, 15) is 0 Å². The summed E-state index contributed by atoms with van der Waals surface area (Å²) in [6.45, 7) is 3.42. The molecule has 0 bridgehead atoms. The third kappa shape index (κ3) is 2.79. The molecule has 0 unspecified atom stereocenters. The molecule has 2 aromatic rings. The zero-order chi connectivity index (χ0) is 15.7. The number of anilines is 1. The maximum atomic E-state index is 5.92. The first-order valence-corrected chi connectivity index (χ1v) is 8.39. The lowest BCUT2D eigenvalue weighted by Gasteiger charge is -2.32. The van der Waals surface area contributed by atoms with E-state index in [1.807, 2.05) is 36.5 Å². The fourth-order valence-electron chi connectivity index (χ4n) is 3.93. The van der Waals surface area contributed by atoms with Gasteiger partial charge in [-0.15, -0.1) is 0 Å². The van der Waals surface area contributed by atoms with Gasteiger partial charge in [-0.05, 0) is 45.0 Å². The Balaban J connectivity index is 1.51. The minimum absolute atomic E-state index is 0.371. The molecular formula is C19H23N3O. The van der Waals surface area contributed by atoms with Gasteiger partial charge >= 0.3 is 0 Å². The van der Waals surface area contributed by atoms with Gasteiger partial charge in [-0.25, -0.2) is 0 Å². The van der Waals surface area contributed by atoms with Gasteiger partial charge in [0.15, 0.2) is 0 Å². The molecule has 1 spiro atoms. The van der Waals surface area contributed by atoms with Crippen LogP contribution in [0.15, 0.2) is 48.8 Å². The third-order valence-corrected chi connectivity index (χ3v) is 5.32. The molecule has 0 aliphatic carbocycles. The number of benzene rings is 1. The van der Waals surface area contributed by atoms with Crippen LogP contribution in [-0.4, -0.2) is 42.1 Å². The number of aromatic nitrogens is 1. The third-order valence-electron chi connectivity index (χ3n) is 5.32. The summed E-state index contributed by atoms with van der Waals surface area (Å²) in [5.41, 5.74) is 1.53. The topological polar surface area (TPSA) is 28.6 Å². The van der Waals surface area contributed by atoms with E-state index in [1.54, 1.807) is 6.20 Å². The van der Waals surface area contributed by atoms with Crippen molar-refractivity contribution in [3.8, 4) is 11.5 Å². The number of hydrogen-bond donors (Lipinski definition) is 0. The quantitative estimate of drug-likeness (QED) is 0.867. The molecule has 2 fully saturated rings. The maximum absolute atomic E-state index is 5.92. The molecule has 1 aromatic heterocycles. The standard InChI is InChI=1S/C19H23N3O/c1-21-10-5-8-19(21)9-11-22(15-19)16-12-18(14-20-13-16)23-17-6-3-2-4-7-17/h2-4,6-7,12-14H,5,8-11,15H2,1H3/t19-/m1/s1. The summed E-state index contributed by atoms with van der Waals surface area (Å²) in [6, 6.07) is 12.0. The minimum atomic E-state index is 0.371. The number of likely N-dealkylation sites (tertiary alicyclic amines) is 1. The van der Waals surface area contributed by atoms with Crippen molar-refractivity contribution in [1.82, 2.24) is 9.88 Å². The number of hydrogen-bond acceptors (Lipinski definition) is 4. The highest BCUT2D eigenvalue weighted by Crippen LogP contribution is 2.38. The number of likely N-dealkylation sites (N-methyl/N-ethyl adjacent to an activating group) is 1. The highest BCUT2D eigenvalue weighted by Gasteiger charge is 2.44. The van der Waals surface area contributed by atoms with Gasteiger partial charge in [0.25, 0.3) is 0 Å². The van der Waals surface area contributed by atoms with E-state index in [2.05, 4.69) is 27.9 Å². The van der Waals surface area contributed by atoms with Crippen molar-refractivity contribution < 1.29 is 4.74 Å². The van der Waals surface area contributed by atoms with Crippen LogP contribution in [0.4, 0.5) is 5.69 Å². The lowest BCUT2D eigenvalue weighted by Crippen LogP contribution is -2.43. The molecule has 0 saturated carbocycles. The SMILES string of the molecule is CN1CCC[C@]12CCN(c1cncc(Oc3ccccc3)c1)C2. The van der Waals surface area contributed by atoms with Gasteiger partial charge in [-0.2, -0.15) is 0 Å². The Bertz CT molecular complexity index is 675. The fourth-order valence-corrected chi connectivity index (χ4v) is 3.93. The van der Waals surface area contributed by atoms with Crippen molar-refractivity contribution in [3.63, 3.8) is 0 Å². The van der Waals surface area contributed by atoms with Crippen LogP contribution in [-0.2, 0) is 0 Å². The van der Waals surface area contributed by atoms with E-state index >= 15 is 0 Å². The average Bonchev–Trinajstić information content (AvgIpc) is 3.17. The summed E-state index contributed by atoms with van der Waals surface area (Å²) in [4.78, 5) is 9.38. The highest BCUT2D eigenvalue weighted by atomic mass is 16.5. The van der Waals surface area contributed by atoms with E-state index in [-0.39, 0.29) is 0 Å². The predicted octanol–water partition coefficient (Wildman–Crippen LogP) is 3.55. The van der Waals surface area contributed by atoms with Crippen LogP contribution in [0.1, 0.15) is 19.3 Å². The van der Waals surface area contributed by atoms with Gasteiger partial charge in [0, 0.05) is 24.7 Å². The van der Waals surface area contributed by atoms with Crippen LogP contribution >= 0.6 is 0 Å². The largest absolute Gasteiger partial charge is 0.456 e. The summed E-state index contributed by atoms with van der Waals surface area (Å²) in [5, 5.41) is 0. The molecule has 3 heterocycles. The first kappa shape index (κ1) is 14.5. The Labute approximate surface area is 137 Å². The zero-order valence-corrected chi connectivity index (χ0v) is 13.6. The molecular weight excluding hydrogens is 286 g/mol. The molecule has 0 amide bonds. The molecule has 2 aliphatic rings. The maximum Gasteiger partial charge on any atom is 0.147 e. The second kappa shape index (κ2) is 5.85. The van der Waals surface area contributed by atoms with Crippen molar-refractivity contribution in [2.75, 3.05) is 31.6 Å². The Kier molecular flexibility index (Phi) is 3.69. The monoisotopic (exact) mass is 309 g/mol. The van der Waals surface area contributed by atoms with E-state index in [4.69, 9.17) is 4.74 Å². The van der Waals surface area contributed by atoms with Crippen LogP contribution < -0.4 is 9.64 Å². The average molecular weight is 309 g/mol. The van der Waals surface area contributed by atoms with E-state index < -0.39 is 0 Å². The number of para-hydroxylation sites is 1. The second-order valence-electron chi connectivity index (χ2n) is 6.71. The molecule has 0 N–H and O–H groups in total. The fraction of sp³-hybridized carbons (Fsp3) is 0.421. The molecule has 2 aliphatic heterocycles. The molecule has 4 nitrogen and oxygen atoms in total. The number of nitrogens with zero attached hydrogens (tertiary/aromatic N) is 3. The molecule has 1 aromatic carbocycles. The molecule has 0 radical (unpaired) electrons. The van der Waals surface area contributed by atoms with Crippen molar-refractivity contribution in [2.24, 2.45) is 0 Å². The molecule has 23 heavy (non-hydrogen) atoms. The van der Waals surface area contributed by atoms with E-state index in [1.165, 1.54) is 25.8 Å². The van der Waals surface area contributed by atoms with Crippen molar-refractivity contribution >= 4 is 5.69 Å². The minimum Gasteiger partial charge on any atom is -0.456 e. The molecule has 120 valence electrons. The van der Waals surface area contributed by atoms with Crippen LogP contribution in [0.3, 0.4) is 0 Å². The summed E-state index contributed by atoms with van der Waals surface area (Å²) in [6.07, 6.45) is 7.61. The van der Waals surface area contributed by atoms with Gasteiger partial charge in [-0.1, -0.05) is 18.2 Å². The van der Waals surface area contributed by atoms with Crippen LogP contribution in [0.25, 0.3) is 0 Å². The van der Waals surface area contributed by atoms with Crippen molar-refractivity contribution in [2.45, 2.75) is 24.8 Å². The van der Waals surface area contributed by atoms with E-state index in [0.717, 1.165) is 30.3 Å². The lowest BCUT2D eigenvalue weighted by atomic mass is 9.96. The van der Waals surface area contributed by atoms with Crippen LogP contribution in [0.5, 0.6) is 11.5 Å². The number of ether oxygens (including phenoxy) is 1. The summed E-state index contributed by atoms with van der Waals surface area (Å²) < 4.78 is 5.92. The van der Waals surface area contributed by atoms with Crippen LogP contribution in [0, 0.1) is 0 Å². The number of pyridine rings is 1. The predicted molar refractivity (Wildman–Crippen MR) is 92.2 cm³/mol. The van der Waals surface area contributed by atoms with Gasteiger partial charge in [0.1, 0.15) is 11.5 Å². The molecule has 2 saturated heterocycles. The summed E-state index contributed by atoms with van der Waals surface area (Å²) in [5.74, 6) is 1.65. The Morgan fingerprint density at radius 2 is 1.91 bits per heavy atom. The van der Waals surface area contributed by atoms with Crippen LogP contribution in [0.2, 0.25) is 0 Å². The Hall–Kier alpha value is -2.07. The van der Waals surface area contributed by atoms with Crippen molar-refractivity contribution in [1.29, 1.82) is 0 Å². The number of rotatable bonds is 3. The van der Waals surface area contributed by atoms with E-state index in [0.29, 0.717) is 5.54 Å². The van der Waals surface area contributed by atoms with Crippen molar-refractivity contribution in [3.05, 3.63) is 48.8 Å². The van der Waals surface area contributed by atoms with Gasteiger partial charge in [-0.3, -0.25) is 9.88 Å². The van der Waals surface area contributed by atoms with Gasteiger partial charge < -0.3 is 9.64 Å². The second-order valence-corrected chi connectivity index (χ2v) is 6.71. The lowest BCUT2D eigenvalue weighted by molar-refractivity contribution is 0.198. The first-order valence-electron chi connectivity index (χ1n) is 8.39. The van der Waals surface area contributed by atoms with Gasteiger partial charge in [0.2, 0.25) is 0 Å². The molecule has 4 rings (SSSR count). The first-order chi connectivity index (χ1) is 11.3. The highest BCUT2D eigenvalue weighted by molar-refractivity contribution is 5.50. The Morgan fingerprint density at radius 1 is 1.04 bits per heavy atom.